The zero-order chi connectivity index (χ0) is 12.5. The highest BCUT2D eigenvalue weighted by atomic mass is 16.5. The molecule has 17 heavy (non-hydrogen) atoms. The van der Waals surface area contributed by atoms with Gasteiger partial charge in [-0.05, 0) is 44.5 Å². The number of hydrogen-bond acceptors (Lipinski definition) is 3. The van der Waals surface area contributed by atoms with Gasteiger partial charge in [-0.25, -0.2) is 0 Å². The first-order chi connectivity index (χ1) is 8.24. The summed E-state index contributed by atoms with van der Waals surface area (Å²) in [4.78, 5) is 2.35. The average Bonchev–Trinajstić information content (AvgIpc) is 2.32. The molecule has 0 unspecified atom stereocenters. The number of benzene rings is 1. The van der Waals surface area contributed by atoms with E-state index in [2.05, 4.69) is 18.0 Å². The number of methoxy groups -OCH3 is 1. The molecular weight excluding hydrogens is 212 g/mol. The van der Waals surface area contributed by atoms with Gasteiger partial charge in [0.1, 0.15) is 0 Å². The number of nitrogen functional groups attached to an aromatic ring is 1. The molecule has 0 spiro atoms. The van der Waals surface area contributed by atoms with E-state index in [1.54, 1.807) is 7.11 Å². The van der Waals surface area contributed by atoms with Crippen molar-refractivity contribution in [2.45, 2.75) is 19.3 Å². The molecule has 3 heteroatoms. The first-order valence-corrected chi connectivity index (χ1v) is 6.25. The lowest BCUT2D eigenvalue weighted by Gasteiger charge is -2.16. The van der Waals surface area contributed by atoms with Crippen molar-refractivity contribution in [2.24, 2.45) is 0 Å². The van der Waals surface area contributed by atoms with Gasteiger partial charge in [-0.2, -0.15) is 0 Å². The molecule has 0 saturated carbocycles. The Morgan fingerprint density at radius 2 is 1.88 bits per heavy atom. The van der Waals surface area contributed by atoms with Gasteiger partial charge in [0.05, 0.1) is 0 Å². The minimum Gasteiger partial charge on any atom is -0.399 e. The number of nitrogens with zero attached hydrogens (tertiary/aromatic N) is 1. The Hall–Kier alpha value is -1.06. The molecule has 1 rings (SSSR count). The van der Waals surface area contributed by atoms with Crippen LogP contribution in [0.1, 0.15) is 18.4 Å². The van der Waals surface area contributed by atoms with Crippen molar-refractivity contribution in [3.8, 4) is 0 Å². The summed E-state index contributed by atoms with van der Waals surface area (Å²) in [6, 6.07) is 8.11. The van der Waals surface area contributed by atoms with Crippen molar-refractivity contribution in [2.75, 3.05) is 39.6 Å². The Labute approximate surface area is 105 Å². The third kappa shape index (κ3) is 5.71. The minimum atomic E-state index is 0.843. The third-order valence-electron chi connectivity index (χ3n) is 2.93. The maximum absolute atomic E-state index is 5.91. The molecule has 0 amide bonds. The lowest BCUT2D eigenvalue weighted by atomic mass is 10.1. The fourth-order valence-electron chi connectivity index (χ4n) is 1.89. The Morgan fingerprint density at radius 3 is 2.59 bits per heavy atom. The Morgan fingerprint density at radius 1 is 1.18 bits per heavy atom. The highest BCUT2D eigenvalue weighted by molar-refractivity contribution is 5.46. The van der Waals surface area contributed by atoms with Crippen molar-refractivity contribution < 1.29 is 4.74 Å². The molecule has 0 atom stereocenters. The monoisotopic (exact) mass is 236 g/mol. The fraction of sp³-hybridized carbons (Fsp3) is 0.571. The van der Waals surface area contributed by atoms with Crippen molar-refractivity contribution in [3.05, 3.63) is 29.8 Å². The molecule has 0 aliphatic carbocycles. The Balaban J connectivity index is 2.17. The number of para-hydroxylation sites is 1. The van der Waals surface area contributed by atoms with Gasteiger partial charge in [-0.1, -0.05) is 18.2 Å². The van der Waals surface area contributed by atoms with Crippen LogP contribution in [0.25, 0.3) is 0 Å². The lowest BCUT2D eigenvalue weighted by Crippen LogP contribution is -2.22. The molecule has 0 saturated heterocycles. The van der Waals surface area contributed by atoms with Gasteiger partial charge in [0.2, 0.25) is 0 Å². The van der Waals surface area contributed by atoms with Gasteiger partial charge >= 0.3 is 0 Å². The van der Waals surface area contributed by atoms with Crippen molar-refractivity contribution in [1.82, 2.24) is 4.90 Å². The second kappa shape index (κ2) is 8.09. The zero-order valence-electron chi connectivity index (χ0n) is 11.0. The standard InChI is InChI=1S/C14H24N2O/c1-16(11-6-12-17-2)10-5-8-13-7-3-4-9-14(13)15/h3-4,7,9H,5-6,8,10-12,15H2,1-2H3. The summed E-state index contributed by atoms with van der Waals surface area (Å²) >= 11 is 0. The van der Waals surface area contributed by atoms with Crippen LogP contribution < -0.4 is 5.73 Å². The number of nitrogens with two attached hydrogens (primary N) is 1. The topological polar surface area (TPSA) is 38.5 Å². The Bertz CT molecular complexity index is 315. The van der Waals surface area contributed by atoms with Gasteiger partial charge in [-0.15, -0.1) is 0 Å². The molecule has 0 fully saturated rings. The van der Waals surface area contributed by atoms with E-state index in [-0.39, 0.29) is 0 Å². The van der Waals surface area contributed by atoms with E-state index in [1.807, 2.05) is 18.2 Å². The van der Waals surface area contributed by atoms with E-state index >= 15 is 0 Å². The quantitative estimate of drug-likeness (QED) is 0.555. The first-order valence-electron chi connectivity index (χ1n) is 6.25. The smallest absolute Gasteiger partial charge is 0.0474 e. The predicted octanol–water partition coefficient (Wildman–Crippen LogP) is 2.17. The lowest BCUT2D eigenvalue weighted by molar-refractivity contribution is 0.179. The molecule has 0 aliphatic heterocycles. The maximum Gasteiger partial charge on any atom is 0.0474 e. The van der Waals surface area contributed by atoms with Crippen LogP contribution in [0.15, 0.2) is 24.3 Å². The summed E-state index contributed by atoms with van der Waals surface area (Å²) in [6.07, 6.45) is 3.31. The van der Waals surface area contributed by atoms with Crippen LogP contribution in [-0.2, 0) is 11.2 Å². The zero-order valence-corrected chi connectivity index (χ0v) is 11.0. The van der Waals surface area contributed by atoms with Gasteiger partial charge < -0.3 is 15.4 Å². The number of rotatable bonds is 8. The minimum absolute atomic E-state index is 0.843. The normalized spacial score (nSPS) is 11.0. The summed E-state index contributed by atoms with van der Waals surface area (Å²) < 4.78 is 5.04. The molecule has 0 bridgehead atoms. The number of anilines is 1. The summed E-state index contributed by atoms with van der Waals surface area (Å²) in [5, 5.41) is 0. The summed E-state index contributed by atoms with van der Waals surface area (Å²) in [5.41, 5.74) is 8.08. The van der Waals surface area contributed by atoms with E-state index in [4.69, 9.17) is 10.5 Å². The van der Waals surface area contributed by atoms with Gasteiger partial charge in [0.25, 0.3) is 0 Å². The van der Waals surface area contributed by atoms with Crippen LogP contribution >= 0.6 is 0 Å². The van der Waals surface area contributed by atoms with Crippen LogP contribution in [-0.4, -0.2) is 38.8 Å². The van der Waals surface area contributed by atoms with Crippen LogP contribution in [0.4, 0.5) is 5.69 Å². The fourth-order valence-corrected chi connectivity index (χ4v) is 1.89. The van der Waals surface area contributed by atoms with E-state index in [1.165, 1.54) is 5.56 Å². The number of aryl methyl sites for hydroxylation is 1. The molecule has 1 aromatic carbocycles. The molecule has 0 heterocycles. The molecule has 3 nitrogen and oxygen atoms in total. The van der Waals surface area contributed by atoms with E-state index < -0.39 is 0 Å². The van der Waals surface area contributed by atoms with E-state index in [9.17, 15) is 0 Å². The second-order valence-corrected chi connectivity index (χ2v) is 4.45. The van der Waals surface area contributed by atoms with E-state index in [0.29, 0.717) is 0 Å². The maximum atomic E-state index is 5.91. The molecule has 0 aromatic heterocycles. The largest absolute Gasteiger partial charge is 0.399 e. The summed E-state index contributed by atoms with van der Waals surface area (Å²) in [6.45, 7) is 3.05. The second-order valence-electron chi connectivity index (χ2n) is 4.45. The number of hydrogen-bond donors (Lipinski definition) is 1. The Kier molecular flexibility index (Phi) is 6.67. The molecule has 1 aromatic rings. The predicted molar refractivity (Wildman–Crippen MR) is 73.2 cm³/mol. The number of ether oxygens (including phenoxy) is 1. The van der Waals surface area contributed by atoms with Crippen LogP contribution in [0, 0.1) is 0 Å². The molecule has 2 N–H and O–H groups in total. The molecule has 0 aliphatic rings. The molecular formula is C14H24N2O. The van der Waals surface area contributed by atoms with Crippen molar-refractivity contribution in [1.29, 1.82) is 0 Å². The van der Waals surface area contributed by atoms with Crippen LogP contribution in [0.5, 0.6) is 0 Å². The van der Waals surface area contributed by atoms with Crippen LogP contribution in [0.3, 0.4) is 0 Å². The van der Waals surface area contributed by atoms with E-state index in [0.717, 1.165) is 44.6 Å². The average molecular weight is 236 g/mol. The van der Waals surface area contributed by atoms with Gasteiger partial charge in [0.15, 0.2) is 0 Å². The third-order valence-corrected chi connectivity index (χ3v) is 2.93. The summed E-state index contributed by atoms with van der Waals surface area (Å²) in [7, 11) is 3.90. The summed E-state index contributed by atoms with van der Waals surface area (Å²) in [5.74, 6) is 0. The van der Waals surface area contributed by atoms with Gasteiger partial charge in [0, 0.05) is 25.9 Å². The molecule has 96 valence electrons. The highest BCUT2D eigenvalue weighted by Gasteiger charge is 2.00. The van der Waals surface area contributed by atoms with Crippen molar-refractivity contribution in [3.63, 3.8) is 0 Å². The first kappa shape index (κ1) is 14.0. The van der Waals surface area contributed by atoms with Gasteiger partial charge in [-0.3, -0.25) is 0 Å². The SMILES string of the molecule is COCCCN(C)CCCc1ccccc1N. The molecule has 0 radical (unpaired) electrons. The van der Waals surface area contributed by atoms with Crippen LogP contribution in [0.2, 0.25) is 0 Å². The van der Waals surface area contributed by atoms with Crippen molar-refractivity contribution >= 4 is 5.69 Å². The highest BCUT2D eigenvalue weighted by Crippen LogP contribution is 2.12.